The Morgan fingerprint density at radius 2 is 1.70 bits per heavy atom. The second kappa shape index (κ2) is 8.48. The van der Waals surface area contributed by atoms with Gasteiger partial charge in [-0.05, 0) is 30.2 Å². The largest absolute Gasteiger partial charge is 0.348 e. The maximum Gasteiger partial charge on any atom is 0.294 e. The van der Waals surface area contributed by atoms with Crippen LogP contribution in [0.4, 0.5) is 5.82 Å². The molecule has 2 heterocycles. The highest BCUT2D eigenvalue weighted by Gasteiger charge is 2.26. The molecule has 30 heavy (non-hydrogen) atoms. The quantitative estimate of drug-likeness (QED) is 0.641. The van der Waals surface area contributed by atoms with Crippen LogP contribution >= 0.6 is 11.6 Å². The van der Waals surface area contributed by atoms with E-state index in [4.69, 9.17) is 11.6 Å². The number of amides is 1. The topological polar surface area (TPSA) is 58.4 Å². The van der Waals surface area contributed by atoms with E-state index in [1.165, 1.54) is 0 Å². The fourth-order valence-electron chi connectivity index (χ4n) is 3.86. The summed E-state index contributed by atoms with van der Waals surface area (Å²) in [7, 11) is 0. The Labute approximate surface area is 180 Å². The third kappa shape index (κ3) is 3.92. The predicted molar refractivity (Wildman–Crippen MR) is 120 cm³/mol. The van der Waals surface area contributed by atoms with Crippen molar-refractivity contribution in [1.29, 1.82) is 0 Å². The zero-order valence-corrected chi connectivity index (χ0v) is 18.0. The standard InChI is InChI=1S/C23H25ClN4O2/c1-16(2)15-28-20-10-6-5-9-19(20)25-21(23(28)30)26-11-13-27(14-12-26)22(29)17-7-3-4-8-18(17)24/h3-10,16H,11-15H2,1-2H3. The van der Waals surface area contributed by atoms with Crippen LogP contribution in [0.1, 0.15) is 24.2 Å². The minimum absolute atomic E-state index is 0.0757. The maximum atomic E-state index is 13.3. The molecule has 1 fully saturated rings. The number of fused-ring (bicyclic) bond motifs is 1. The molecule has 1 aliphatic heterocycles. The molecule has 0 atom stereocenters. The average Bonchev–Trinajstić information content (AvgIpc) is 2.75. The summed E-state index contributed by atoms with van der Waals surface area (Å²) in [6, 6.07) is 14.8. The van der Waals surface area contributed by atoms with E-state index in [9.17, 15) is 9.59 Å². The molecule has 1 amide bonds. The SMILES string of the molecule is CC(C)Cn1c(=O)c(N2CCN(C(=O)c3ccccc3Cl)CC2)nc2ccccc21. The van der Waals surface area contributed by atoms with Gasteiger partial charge in [-0.2, -0.15) is 0 Å². The third-order valence-electron chi connectivity index (χ3n) is 5.35. The van der Waals surface area contributed by atoms with Crippen molar-refractivity contribution in [2.45, 2.75) is 20.4 Å². The first-order chi connectivity index (χ1) is 14.5. The van der Waals surface area contributed by atoms with Gasteiger partial charge in [0.15, 0.2) is 5.82 Å². The van der Waals surface area contributed by atoms with Crippen molar-refractivity contribution in [3.63, 3.8) is 0 Å². The van der Waals surface area contributed by atoms with Gasteiger partial charge in [-0.25, -0.2) is 4.98 Å². The minimum atomic E-state index is -0.0797. The number of hydrogen-bond acceptors (Lipinski definition) is 4. The molecule has 6 nitrogen and oxygen atoms in total. The first kappa shape index (κ1) is 20.4. The number of anilines is 1. The normalized spacial score (nSPS) is 14.5. The number of para-hydroxylation sites is 2. The molecule has 156 valence electrons. The molecule has 0 radical (unpaired) electrons. The Hall–Kier alpha value is -2.86. The second-order valence-electron chi connectivity index (χ2n) is 7.99. The Bertz CT molecular complexity index is 1130. The second-order valence-corrected chi connectivity index (χ2v) is 8.40. The van der Waals surface area contributed by atoms with Crippen LogP contribution in [0.15, 0.2) is 53.3 Å². The molecule has 2 aromatic carbocycles. The van der Waals surface area contributed by atoms with Crippen molar-refractivity contribution in [2.24, 2.45) is 5.92 Å². The zero-order valence-electron chi connectivity index (χ0n) is 17.2. The number of halogens is 1. The van der Waals surface area contributed by atoms with E-state index in [1.54, 1.807) is 17.0 Å². The van der Waals surface area contributed by atoms with Gasteiger partial charge in [0, 0.05) is 32.7 Å². The Morgan fingerprint density at radius 3 is 2.40 bits per heavy atom. The Balaban J connectivity index is 1.59. The van der Waals surface area contributed by atoms with Gasteiger partial charge in [-0.15, -0.1) is 0 Å². The summed E-state index contributed by atoms with van der Waals surface area (Å²) >= 11 is 6.19. The number of nitrogens with zero attached hydrogens (tertiary/aromatic N) is 4. The molecule has 7 heteroatoms. The maximum absolute atomic E-state index is 13.3. The van der Waals surface area contributed by atoms with Gasteiger partial charge in [-0.3, -0.25) is 9.59 Å². The van der Waals surface area contributed by atoms with E-state index < -0.39 is 0 Å². The van der Waals surface area contributed by atoms with Crippen molar-refractivity contribution < 1.29 is 4.79 Å². The van der Waals surface area contributed by atoms with Crippen LogP contribution in [0.25, 0.3) is 11.0 Å². The Kier molecular flexibility index (Phi) is 5.77. The summed E-state index contributed by atoms with van der Waals surface area (Å²) in [5.74, 6) is 0.717. The highest BCUT2D eigenvalue weighted by atomic mass is 35.5. The average molecular weight is 425 g/mol. The lowest BCUT2D eigenvalue weighted by Gasteiger charge is -2.35. The zero-order chi connectivity index (χ0) is 21.3. The molecule has 0 unspecified atom stereocenters. The van der Waals surface area contributed by atoms with E-state index in [0.29, 0.717) is 55.0 Å². The molecule has 0 N–H and O–H groups in total. The summed E-state index contributed by atoms with van der Waals surface area (Å²) in [5.41, 5.74) is 2.10. The van der Waals surface area contributed by atoms with Gasteiger partial charge in [-0.1, -0.05) is 49.7 Å². The van der Waals surface area contributed by atoms with Crippen molar-refractivity contribution in [3.05, 3.63) is 69.5 Å². The van der Waals surface area contributed by atoms with E-state index in [-0.39, 0.29) is 11.5 Å². The number of piperazine rings is 1. The lowest BCUT2D eigenvalue weighted by atomic mass is 10.1. The smallest absolute Gasteiger partial charge is 0.294 e. The van der Waals surface area contributed by atoms with Crippen LogP contribution in [-0.4, -0.2) is 46.5 Å². The predicted octanol–water partition coefficient (Wildman–Crippen LogP) is 3.67. The van der Waals surface area contributed by atoms with E-state index in [0.717, 1.165) is 11.0 Å². The molecule has 0 aliphatic carbocycles. The van der Waals surface area contributed by atoms with Gasteiger partial charge in [0.1, 0.15) is 0 Å². The molecule has 3 aromatic rings. The van der Waals surface area contributed by atoms with Crippen LogP contribution in [0.3, 0.4) is 0 Å². The number of carbonyl (C=O) groups excluding carboxylic acids is 1. The van der Waals surface area contributed by atoms with Gasteiger partial charge in [0.2, 0.25) is 0 Å². The van der Waals surface area contributed by atoms with Crippen LogP contribution in [0.2, 0.25) is 5.02 Å². The van der Waals surface area contributed by atoms with Gasteiger partial charge in [0.25, 0.3) is 11.5 Å². The minimum Gasteiger partial charge on any atom is -0.348 e. The van der Waals surface area contributed by atoms with E-state index >= 15 is 0 Å². The molecule has 0 spiro atoms. The van der Waals surface area contributed by atoms with Crippen molar-refractivity contribution in [2.75, 3.05) is 31.1 Å². The summed E-state index contributed by atoms with van der Waals surface area (Å²) < 4.78 is 1.82. The molecular formula is C23H25ClN4O2. The highest BCUT2D eigenvalue weighted by molar-refractivity contribution is 6.33. The van der Waals surface area contributed by atoms with Crippen LogP contribution in [0.5, 0.6) is 0 Å². The Morgan fingerprint density at radius 1 is 1.03 bits per heavy atom. The number of benzene rings is 2. The molecule has 0 bridgehead atoms. The molecule has 4 rings (SSSR count). The van der Waals surface area contributed by atoms with Crippen molar-refractivity contribution >= 4 is 34.4 Å². The van der Waals surface area contributed by atoms with Crippen molar-refractivity contribution in [1.82, 2.24) is 14.5 Å². The van der Waals surface area contributed by atoms with Crippen LogP contribution in [0, 0.1) is 5.92 Å². The summed E-state index contributed by atoms with van der Waals surface area (Å²) in [4.78, 5) is 34.5. The fourth-order valence-corrected chi connectivity index (χ4v) is 4.07. The van der Waals surface area contributed by atoms with Gasteiger partial charge >= 0.3 is 0 Å². The fraction of sp³-hybridized carbons (Fsp3) is 0.348. The molecule has 0 saturated carbocycles. The van der Waals surface area contributed by atoms with Gasteiger partial charge in [0.05, 0.1) is 21.6 Å². The van der Waals surface area contributed by atoms with Gasteiger partial charge < -0.3 is 14.4 Å². The number of aromatic nitrogens is 2. The first-order valence-corrected chi connectivity index (χ1v) is 10.6. The first-order valence-electron chi connectivity index (χ1n) is 10.2. The third-order valence-corrected chi connectivity index (χ3v) is 5.68. The molecule has 1 aromatic heterocycles. The summed E-state index contributed by atoms with van der Waals surface area (Å²) in [6.07, 6.45) is 0. The van der Waals surface area contributed by atoms with E-state index in [2.05, 4.69) is 18.8 Å². The lowest BCUT2D eigenvalue weighted by Crippen LogP contribution is -2.50. The number of carbonyl (C=O) groups is 1. The molecule has 1 aliphatic rings. The summed E-state index contributed by atoms with van der Waals surface area (Å²) in [6.45, 7) is 6.97. The van der Waals surface area contributed by atoms with Crippen LogP contribution in [-0.2, 0) is 6.54 Å². The monoisotopic (exact) mass is 424 g/mol. The summed E-state index contributed by atoms with van der Waals surface area (Å²) in [5, 5.41) is 0.456. The van der Waals surface area contributed by atoms with Crippen molar-refractivity contribution in [3.8, 4) is 0 Å². The lowest BCUT2D eigenvalue weighted by molar-refractivity contribution is 0.0746. The van der Waals surface area contributed by atoms with E-state index in [1.807, 2.05) is 45.9 Å². The molecular weight excluding hydrogens is 400 g/mol. The number of hydrogen-bond donors (Lipinski definition) is 0. The molecule has 1 saturated heterocycles. The van der Waals surface area contributed by atoms with Crippen LogP contribution < -0.4 is 10.5 Å². The highest BCUT2D eigenvalue weighted by Crippen LogP contribution is 2.20. The number of rotatable bonds is 4.